The molecular formula is C16H15NO2. The van der Waals surface area contributed by atoms with E-state index >= 15 is 0 Å². The highest BCUT2D eigenvalue weighted by atomic mass is 16.5. The Morgan fingerprint density at radius 2 is 1.63 bits per heavy atom. The van der Waals surface area contributed by atoms with Crippen molar-refractivity contribution in [3.8, 4) is 0 Å². The lowest BCUT2D eigenvalue weighted by Crippen LogP contribution is -2.18. The van der Waals surface area contributed by atoms with Crippen LogP contribution in [-0.2, 0) is 11.3 Å². The Balaban J connectivity index is 1.75. The quantitative estimate of drug-likeness (QED) is 0.904. The molecule has 0 heterocycles. The molecule has 0 aliphatic rings. The maximum Gasteiger partial charge on any atom is 0.411 e. The van der Waals surface area contributed by atoms with E-state index in [1.165, 1.54) is 0 Å². The van der Waals surface area contributed by atoms with E-state index in [2.05, 4.69) is 5.32 Å². The van der Waals surface area contributed by atoms with E-state index in [0.29, 0.717) is 0 Å². The van der Waals surface area contributed by atoms with Crippen LogP contribution in [0.25, 0.3) is 6.08 Å². The highest BCUT2D eigenvalue weighted by molar-refractivity contribution is 5.69. The Morgan fingerprint density at radius 3 is 2.32 bits per heavy atom. The fourth-order valence-electron chi connectivity index (χ4n) is 1.53. The van der Waals surface area contributed by atoms with Crippen molar-refractivity contribution in [2.24, 2.45) is 0 Å². The van der Waals surface area contributed by atoms with E-state index in [1.807, 2.05) is 66.7 Å². The first-order valence-corrected chi connectivity index (χ1v) is 6.03. The first-order valence-electron chi connectivity index (χ1n) is 6.03. The summed E-state index contributed by atoms with van der Waals surface area (Å²) in [5.74, 6) is 0. The Kier molecular flexibility index (Phi) is 4.76. The summed E-state index contributed by atoms with van der Waals surface area (Å²) in [5, 5.41) is 2.56. The second kappa shape index (κ2) is 7.01. The monoisotopic (exact) mass is 253 g/mol. The number of ether oxygens (including phenoxy) is 1. The number of benzene rings is 2. The van der Waals surface area contributed by atoms with Crippen molar-refractivity contribution in [1.82, 2.24) is 5.32 Å². The summed E-state index contributed by atoms with van der Waals surface area (Å²) in [4.78, 5) is 11.4. The van der Waals surface area contributed by atoms with Gasteiger partial charge in [0.25, 0.3) is 0 Å². The van der Waals surface area contributed by atoms with E-state index in [9.17, 15) is 4.79 Å². The predicted octanol–water partition coefficient (Wildman–Crippen LogP) is 3.58. The average Bonchev–Trinajstić information content (AvgIpc) is 2.47. The van der Waals surface area contributed by atoms with Gasteiger partial charge in [-0.05, 0) is 17.2 Å². The van der Waals surface area contributed by atoms with Crippen molar-refractivity contribution in [3.63, 3.8) is 0 Å². The molecule has 2 aromatic carbocycles. The molecule has 1 amide bonds. The first-order chi connectivity index (χ1) is 9.34. The van der Waals surface area contributed by atoms with E-state index in [1.54, 1.807) is 6.20 Å². The molecule has 2 aromatic rings. The molecule has 0 bridgehead atoms. The smallest absolute Gasteiger partial charge is 0.411 e. The number of hydrogen-bond acceptors (Lipinski definition) is 2. The van der Waals surface area contributed by atoms with Gasteiger partial charge in [0.05, 0.1) is 0 Å². The number of carbonyl (C=O) groups excluding carboxylic acids is 1. The molecule has 0 aromatic heterocycles. The van der Waals surface area contributed by atoms with Crippen LogP contribution in [0.2, 0.25) is 0 Å². The molecule has 0 fully saturated rings. The van der Waals surface area contributed by atoms with Gasteiger partial charge in [0, 0.05) is 6.20 Å². The van der Waals surface area contributed by atoms with Gasteiger partial charge in [0.2, 0.25) is 0 Å². The lowest BCUT2D eigenvalue weighted by atomic mass is 10.2. The molecule has 0 atom stereocenters. The topological polar surface area (TPSA) is 38.3 Å². The summed E-state index contributed by atoms with van der Waals surface area (Å²) in [7, 11) is 0. The lowest BCUT2D eigenvalue weighted by Gasteiger charge is -2.03. The molecule has 0 unspecified atom stereocenters. The Morgan fingerprint density at radius 1 is 1.00 bits per heavy atom. The van der Waals surface area contributed by atoms with Crippen molar-refractivity contribution < 1.29 is 9.53 Å². The number of amides is 1. The molecule has 0 radical (unpaired) electrons. The molecule has 1 N–H and O–H groups in total. The lowest BCUT2D eigenvalue weighted by molar-refractivity contribution is 0.143. The van der Waals surface area contributed by atoms with E-state index in [0.717, 1.165) is 11.1 Å². The standard InChI is InChI=1S/C16H15NO2/c18-16(19-13-15-9-5-2-6-10-15)17-12-11-14-7-3-1-4-8-14/h1-12H,13H2,(H,17,18). The number of hydrogen-bond donors (Lipinski definition) is 1. The zero-order valence-electron chi connectivity index (χ0n) is 10.5. The maximum atomic E-state index is 11.4. The third-order valence-corrected chi connectivity index (χ3v) is 2.49. The van der Waals surface area contributed by atoms with Gasteiger partial charge in [-0.3, -0.25) is 5.32 Å². The van der Waals surface area contributed by atoms with Crippen molar-refractivity contribution in [2.75, 3.05) is 0 Å². The normalized spacial score (nSPS) is 10.3. The maximum absolute atomic E-state index is 11.4. The Labute approximate surface area is 112 Å². The van der Waals surface area contributed by atoms with E-state index in [4.69, 9.17) is 4.74 Å². The highest BCUT2D eigenvalue weighted by Crippen LogP contribution is 2.01. The molecule has 0 aliphatic heterocycles. The van der Waals surface area contributed by atoms with Gasteiger partial charge >= 0.3 is 6.09 Å². The molecule has 0 saturated carbocycles. The summed E-state index contributed by atoms with van der Waals surface area (Å²) >= 11 is 0. The second-order valence-electron chi connectivity index (χ2n) is 3.95. The number of carbonyl (C=O) groups is 1. The number of nitrogens with one attached hydrogen (secondary N) is 1. The van der Waals surface area contributed by atoms with Gasteiger partial charge in [0.15, 0.2) is 0 Å². The van der Waals surface area contributed by atoms with Gasteiger partial charge in [-0.2, -0.15) is 0 Å². The Bertz CT molecular complexity index is 535. The molecule has 3 nitrogen and oxygen atoms in total. The largest absolute Gasteiger partial charge is 0.444 e. The second-order valence-corrected chi connectivity index (χ2v) is 3.95. The molecule has 3 heteroatoms. The molecular weight excluding hydrogens is 238 g/mol. The zero-order valence-corrected chi connectivity index (χ0v) is 10.5. The van der Waals surface area contributed by atoms with Crippen LogP contribution in [0.3, 0.4) is 0 Å². The van der Waals surface area contributed by atoms with Crippen molar-refractivity contribution in [1.29, 1.82) is 0 Å². The SMILES string of the molecule is O=C(NC=Cc1ccccc1)OCc1ccccc1. The number of rotatable bonds is 4. The van der Waals surface area contributed by atoms with Gasteiger partial charge < -0.3 is 4.74 Å². The zero-order chi connectivity index (χ0) is 13.3. The van der Waals surface area contributed by atoms with Crippen LogP contribution in [0.15, 0.2) is 66.9 Å². The summed E-state index contributed by atoms with van der Waals surface area (Å²) in [5.41, 5.74) is 1.98. The highest BCUT2D eigenvalue weighted by Gasteiger charge is 1.99. The van der Waals surface area contributed by atoms with Gasteiger partial charge in [0.1, 0.15) is 6.61 Å². The molecule has 96 valence electrons. The third kappa shape index (κ3) is 4.68. The fourth-order valence-corrected chi connectivity index (χ4v) is 1.53. The molecule has 0 saturated heterocycles. The minimum Gasteiger partial charge on any atom is -0.444 e. The molecule has 0 aliphatic carbocycles. The predicted molar refractivity (Wildman–Crippen MR) is 75.2 cm³/mol. The van der Waals surface area contributed by atoms with Gasteiger partial charge in [-0.1, -0.05) is 60.7 Å². The minimum atomic E-state index is -0.462. The summed E-state index contributed by atoms with van der Waals surface area (Å²) in [6.07, 6.45) is 2.92. The summed E-state index contributed by atoms with van der Waals surface area (Å²) in [6.45, 7) is 0.270. The van der Waals surface area contributed by atoms with Crippen LogP contribution in [0, 0.1) is 0 Å². The van der Waals surface area contributed by atoms with Gasteiger partial charge in [-0.25, -0.2) is 4.79 Å². The van der Waals surface area contributed by atoms with Crippen molar-refractivity contribution in [3.05, 3.63) is 78.0 Å². The first kappa shape index (κ1) is 12.9. The van der Waals surface area contributed by atoms with E-state index < -0.39 is 6.09 Å². The Hall–Kier alpha value is -2.55. The minimum absolute atomic E-state index is 0.270. The van der Waals surface area contributed by atoms with Crippen LogP contribution in [0.5, 0.6) is 0 Å². The number of alkyl carbamates (subject to hydrolysis) is 1. The van der Waals surface area contributed by atoms with Crippen LogP contribution < -0.4 is 5.32 Å². The van der Waals surface area contributed by atoms with Crippen molar-refractivity contribution in [2.45, 2.75) is 6.61 Å². The summed E-state index contributed by atoms with van der Waals surface area (Å²) in [6, 6.07) is 19.3. The molecule has 19 heavy (non-hydrogen) atoms. The van der Waals surface area contributed by atoms with E-state index in [-0.39, 0.29) is 6.61 Å². The van der Waals surface area contributed by atoms with Crippen LogP contribution in [0.1, 0.15) is 11.1 Å². The van der Waals surface area contributed by atoms with Crippen molar-refractivity contribution >= 4 is 12.2 Å². The van der Waals surface area contributed by atoms with Gasteiger partial charge in [-0.15, -0.1) is 0 Å². The third-order valence-electron chi connectivity index (χ3n) is 2.49. The summed E-state index contributed by atoms with van der Waals surface area (Å²) < 4.78 is 5.06. The fraction of sp³-hybridized carbons (Fsp3) is 0.0625. The molecule has 0 spiro atoms. The van der Waals surface area contributed by atoms with Crippen LogP contribution in [0.4, 0.5) is 4.79 Å². The van der Waals surface area contributed by atoms with Crippen LogP contribution in [-0.4, -0.2) is 6.09 Å². The molecule has 2 rings (SSSR count). The van der Waals surface area contributed by atoms with Crippen LogP contribution >= 0.6 is 0 Å². The average molecular weight is 253 g/mol.